The lowest BCUT2D eigenvalue weighted by atomic mass is 9.95. The molecule has 1 aromatic heterocycles. The van der Waals surface area contributed by atoms with Crippen LogP contribution in [0.1, 0.15) is 17.5 Å². The van der Waals surface area contributed by atoms with Crippen molar-refractivity contribution in [2.45, 2.75) is 12.8 Å². The molecule has 0 saturated carbocycles. The van der Waals surface area contributed by atoms with E-state index >= 15 is 0 Å². The van der Waals surface area contributed by atoms with Crippen molar-refractivity contribution in [1.29, 1.82) is 0 Å². The molecule has 29 heavy (non-hydrogen) atoms. The molecule has 1 saturated heterocycles. The van der Waals surface area contributed by atoms with Crippen molar-refractivity contribution in [2.75, 3.05) is 40.3 Å². The Kier molecular flexibility index (Phi) is 6.95. The predicted molar refractivity (Wildman–Crippen MR) is 112 cm³/mol. The molecule has 0 atom stereocenters. The summed E-state index contributed by atoms with van der Waals surface area (Å²) in [6.07, 6.45) is 4.19. The Morgan fingerprint density at radius 1 is 1.10 bits per heavy atom. The molecule has 2 heterocycles. The molecule has 1 aliphatic rings. The van der Waals surface area contributed by atoms with E-state index in [9.17, 15) is 9.18 Å². The fourth-order valence-electron chi connectivity index (χ4n) is 3.49. The summed E-state index contributed by atoms with van der Waals surface area (Å²) in [7, 11) is 3.81. The monoisotopic (exact) mass is 397 g/mol. The number of nitrogens with zero attached hydrogens (tertiary/aromatic N) is 4. The topological polar surface area (TPSA) is 65.7 Å². The number of amides is 1. The molecule has 6 nitrogen and oxygen atoms in total. The number of aromatic nitrogens is 1. The summed E-state index contributed by atoms with van der Waals surface area (Å²) in [5.74, 6) is 5.97. The number of hydrazine groups is 1. The van der Waals surface area contributed by atoms with Crippen LogP contribution in [0.5, 0.6) is 0 Å². The van der Waals surface area contributed by atoms with Crippen LogP contribution in [0.3, 0.4) is 0 Å². The van der Waals surface area contributed by atoms with Gasteiger partial charge >= 0.3 is 0 Å². The van der Waals surface area contributed by atoms with Gasteiger partial charge in [-0.2, -0.15) is 0 Å². The molecular formula is C22H28FN5O. The third kappa shape index (κ3) is 5.62. The SMILES string of the molecule is CN1CCN(C(=O)C/C(=C(/Cc2ccc(F)cc2)c2ccncc2)N(C)N)CC1. The van der Waals surface area contributed by atoms with Crippen LogP contribution in [-0.2, 0) is 11.2 Å². The third-order valence-corrected chi connectivity index (χ3v) is 5.27. The average Bonchev–Trinajstić information content (AvgIpc) is 2.73. The van der Waals surface area contributed by atoms with Crippen molar-refractivity contribution in [2.24, 2.45) is 5.84 Å². The van der Waals surface area contributed by atoms with Gasteiger partial charge in [-0.3, -0.25) is 9.78 Å². The van der Waals surface area contributed by atoms with E-state index < -0.39 is 0 Å². The highest BCUT2D eigenvalue weighted by molar-refractivity contribution is 5.82. The Hall–Kier alpha value is -2.77. The highest BCUT2D eigenvalue weighted by Crippen LogP contribution is 2.26. The number of benzene rings is 1. The van der Waals surface area contributed by atoms with E-state index in [1.165, 1.54) is 17.1 Å². The van der Waals surface area contributed by atoms with E-state index in [0.29, 0.717) is 6.42 Å². The molecular weight excluding hydrogens is 369 g/mol. The van der Waals surface area contributed by atoms with E-state index in [-0.39, 0.29) is 18.1 Å². The van der Waals surface area contributed by atoms with Gasteiger partial charge in [0.15, 0.2) is 0 Å². The molecule has 2 N–H and O–H groups in total. The number of hydrogen-bond donors (Lipinski definition) is 1. The quantitative estimate of drug-likeness (QED) is 0.598. The first-order chi connectivity index (χ1) is 13.9. The van der Waals surface area contributed by atoms with Crippen molar-refractivity contribution in [3.63, 3.8) is 0 Å². The first-order valence-corrected chi connectivity index (χ1v) is 9.75. The number of piperazine rings is 1. The summed E-state index contributed by atoms with van der Waals surface area (Å²) in [4.78, 5) is 21.2. The van der Waals surface area contributed by atoms with Crippen molar-refractivity contribution < 1.29 is 9.18 Å². The second-order valence-electron chi connectivity index (χ2n) is 7.44. The molecule has 1 fully saturated rings. The van der Waals surface area contributed by atoms with Crippen LogP contribution in [0.25, 0.3) is 5.57 Å². The molecule has 0 spiro atoms. The second kappa shape index (κ2) is 9.62. The van der Waals surface area contributed by atoms with Crippen LogP contribution < -0.4 is 5.84 Å². The molecule has 1 aromatic carbocycles. The fraction of sp³-hybridized carbons (Fsp3) is 0.364. The van der Waals surface area contributed by atoms with Crippen LogP contribution in [-0.4, -0.2) is 66.0 Å². The number of halogens is 1. The maximum atomic E-state index is 13.3. The van der Waals surface area contributed by atoms with Gasteiger partial charge in [0.1, 0.15) is 5.82 Å². The Labute approximate surface area is 171 Å². The largest absolute Gasteiger partial charge is 0.340 e. The number of hydrogen-bond acceptors (Lipinski definition) is 5. The number of rotatable bonds is 6. The van der Waals surface area contributed by atoms with E-state index in [2.05, 4.69) is 16.9 Å². The standard InChI is InChI=1S/C22H28FN5O/c1-26-11-13-28(14-12-26)22(29)16-21(27(2)24)20(18-7-9-25-10-8-18)15-17-3-5-19(23)6-4-17/h3-10H,11-16,24H2,1-2H3/b21-20+. The maximum absolute atomic E-state index is 13.3. The zero-order valence-corrected chi connectivity index (χ0v) is 17.0. The van der Waals surface area contributed by atoms with E-state index in [4.69, 9.17) is 5.84 Å². The molecule has 1 amide bonds. The second-order valence-corrected chi connectivity index (χ2v) is 7.44. The van der Waals surface area contributed by atoms with Crippen LogP contribution >= 0.6 is 0 Å². The minimum atomic E-state index is -0.274. The highest BCUT2D eigenvalue weighted by atomic mass is 19.1. The van der Waals surface area contributed by atoms with Crippen molar-refractivity contribution in [3.05, 3.63) is 71.4 Å². The summed E-state index contributed by atoms with van der Waals surface area (Å²) in [5, 5.41) is 1.52. The van der Waals surface area contributed by atoms with Gasteiger partial charge in [-0.15, -0.1) is 0 Å². The van der Waals surface area contributed by atoms with E-state index in [1.807, 2.05) is 17.0 Å². The summed E-state index contributed by atoms with van der Waals surface area (Å²) in [5.41, 5.74) is 3.59. The lowest BCUT2D eigenvalue weighted by Gasteiger charge is -2.33. The van der Waals surface area contributed by atoms with Crippen molar-refractivity contribution >= 4 is 11.5 Å². The van der Waals surface area contributed by atoms with Crippen LogP contribution in [0.4, 0.5) is 4.39 Å². The third-order valence-electron chi connectivity index (χ3n) is 5.27. The molecule has 3 rings (SSSR count). The van der Waals surface area contributed by atoms with Gasteiger partial charge in [-0.1, -0.05) is 12.1 Å². The molecule has 0 aliphatic carbocycles. The predicted octanol–water partition coefficient (Wildman–Crippen LogP) is 2.14. The number of pyridine rings is 1. The fourth-order valence-corrected chi connectivity index (χ4v) is 3.49. The first kappa shape index (κ1) is 21.0. The Morgan fingerprint density at radius 2 is 1.72 bits per heavy atom. The zero-order valence-electron chi connectivity index (χ0n) is 17.0. The minimum Gasteiger partial charge on any atom is -0.340 e. The van der Waals surface area contributed by atoms with Gasteiger partial charge in [0, 0.05) is 51.3 Å². The minimum absolute atomic E-state index is 0.0658. The lowest BCUT2D eigenvalue weighted by Crippen LogP contribution is -2.47. The van der Waals surface area contributed by atoms with Crippen LogP contribution in [0.15, 0.2) is 54.5 Å². The van der Waals surface area contributed by atoms with Gasteiger partial charge in [-0.05, 0) is 54.4 Å². The molecule has 2 aromatic rings. The number of carbonyl (C=O) groups is 1. The molecule has 0 unspecified atom stereocenters. The number of allylic oxidation sites excluding steroid dienone is 1. The van der Waals surface area contributed by atoms with E-state index in [0.717, 1.165) is 48.6 Å². The molecule has 0 bridgehead atoms. The molecule has 0 radical (unpaired) electrons. The smallest absolute Gasteiger partial charge is 0.228 e. The Balaban J connectivity index is 1.92. The van der Waals surface area contributed by atoms with Gasteiger partial charge in [0.2, 0.25) is 5.91 Å². The van der Waals surface area contributed by atoms with Crippen LogP contribution in [0.2, 0.25) is 0 Å². The first-order valence-electron chi connectivity index (χ1n) is 9.75. The average molecular weight is 397 g/mol. The summed E-state index contributed by atoms with van der Waals surface area (Å²) < 4.78 is 13.3. The zero-order chi connectivity index (χ0) is 20.8. The van der Waals surface area contributed by atoms with Gasteiger partial charge in [0.05, 0.1) is 6.42 Å². The summed E-state index contributed by atoms with van der Waals surface area (Å²) in [6.45, 7) is 3.19. The van der Waals surface area contributed by atoms with E-state index in [1.54, 1.807) is 31.6 Å². The van der Waals surface area contributed by atoms with Crippen molar-refractivity contribution in [3.8, 4) is 0 Å². The van der Waals surface area contributed by atoms with Crippen LogP contribution in [0, 0.1) is 5.82 Å². The molecule has 7 heteroatoms. The van der Waals surface area contributed by atoms with Gasteiger partial charge in [0.25, 0.3) is 0 Å². The summed E-state index contributed by atoms with van der Waals surface area (Å²) >= 11 is 0. The highest BCUT2D eigenvalue weighted by Gasteiger charge is 2.23. The normalized spacial score (nSPS) is 15.8. The number of likely N-dealkylation sites (N-methyl/N-ethyl adjacent to an activating group) is 1. The van der Waals surface area contributed by atoms with Crippen molar-refractivity contribution in [1.82, 2.24) is 19.8 Å². The Morgan fingerprint density at radius 3 is 2.31 bits per heavy atom. The van der Waals surface area contributed by atoms with Gasteiger partial charge < -0.3 is 14.8 Å². The van der Waals surface area contributed by atoms with Gasteiger partial charge in [-0.25, -0.2) is 10.2 Å². The number of carbonyl (C=O) groups excluding carboxylic acids is 1. The molecule has 154 valence electrons. The maximum Gasteiger partial charge on any atom is 0.228 e. The molecule has 1 aliphatic heterocycles. The Bertz CT molecular complexity index is 843. The summed E-state index contributed by atoms with van der Waals surface area (Å²) in [6, 6.07) is 10.2. The number of nitrogens with two attached hydrogens (primary N) is 1. The lowest BCUT2D eigenvalue weighted by molar-refractivity contribution is -0.132.